The number of nitrogens with zero attached hydrogens (tertiary/aromatic N) is 1. The van der Waals surface area contributed by atoms with Crippen LogP contribution in [0.1, 0.15) is 56.3 Å². The molecule has 0 aromatic heterocycles. The normalized spacial score (nSPS) is 13.5. The van der Waals surface area contributed by atoms with Crippen molar-refractivity contribution in [2.45, 2.75) is 52.3 Å². The molecule has 1 aromatic rings. The summed E-state index contributed by atoms with van der Waals surface area (Å²) >= 11 is 0. The van der Waals surface area contributed by atoms with E-state index in [4.69, 9.17) is 10.6 Å². The van der Waals surface area contributed by atoms with Crippen molar-refractivity contribution < 1.29 is 22.7 Å². The molecule has 1 rings (SSSR count). The molecule has 0 radical (unpaired) electrons. The molecular formula is C23H32F3N3O2. The second-order valence-corrected chi connectivity index (χ2v) is 7.09. The van der Waals surface area contributed by atoms with Gasteiger partial charge in [-0.1, -0.05) is 43.0 Å². The average Bonchev–Trinajstić information content (AvgIpc) is 2.70. The molecule has 0 aliphatic heterocycles. The Morgan fingerprint density at radius 3 is 2.58 bits per heavy atom. The van der Waals surface area contributed by atoms with Crippen LogP contribution in [0.4, 0.5) is 13.2 Å². The number of allylic oxidation sites excluding steroid dienone is 2. The topological polar surface area (TPSA) is 67.6 Å². The predicted molar refractivity (Wildman–Crippen MR) is 118 cm³/mol. The van der Waals surface area contributed by atoms with Crippen LogP contribution < -0.4 is 11.2 Å². The van der Waals surface area contributed by atoms with E-state index in [1.807, 2.05) is 31.2 Å². The fourth-order valence-electron chi connectivity index (χ4n) is 3.07. The summed E-state index contributed by atoms with van der Waals surface area (Å²) in [4.78, 5) is 12.2. The zero-order valence-corrected chi connectivity index (χ0v) is 18.6. The van der Waals surface area contributed by atoms with Gasteiger partial charge in [0.25, 0.3) is 0 Å². The van der Waals surface area contributed by atoms with Gasteiger partial charge in [-0.05, 0) is 50.3 Å². The lowest BCUT2D eigenvalue weighted by molar-refractivity contribution is -0.139. The first-order chi connectivity index (χ1) is 14.5. The maximum Gasteiger partial charge on any atom is 0.389 e. The number of hydrogen-bond donors (Lipinski definition) is 2. The van der Waals surface area contributed by atoms with Crippen LogP contribution in [0.25, 0.3) is 6.08 Å². The van der Waals surface area contributed by atoms with Gasteiger partial charge >= 0.3 is 12.1 Å². The van der Waals surface area contributed by atoms with Crippen molar-refractivity contribution in [3.05, 3.63) is 65.0 Å². The SMILES string of the molecule is C=Cc1ccc(C(CCC(F)(F)F)N/C(=C(/C)C(=O)OCC)N(C)N)cc1C/C=C\C. The van der Waals surface area contributed by atoms with E-state index >= 15 is 0 Å². The molecule has 31 heavy (non-hydrogen) atoms. The first-order valence-corrected chi connectivity index (χ1v) is 10.1. The van der Waals surface area contributed by atoms with Crippen LogP contribution in [0.5, 0.6) is 0 Å². The smallest absolute Gasteiger partial charge is 0.389 e. The number of carbonyl (C=O) groups is 1. The number of esters is 1. The van der Waals surface area contributed by atoms with Crippen molar-refractivity contribution >= 4 is 12.0 Å². The zero-order chi connectivity index (χ0) is 23.6. The molecule has 1 aromatic carbocycles. The summed E-state index contributed by atoms with van der Waals surface area (Å²) < 4.78 is 44.0. The summed E-state index contributed by atoms with van der Waals surface area (Å²) in [5.41, 5.74) is 2.69. The molecular weight excluding hydrogens is 407 g/mol. The Hall–Kier alpha value is -2.74. The molecule has 0 heterocycles. The molecule has 3 N–H and O–H groups in total. The van der Waals surface area contributed by atoms with Gasteiger partial charge in [-0.15, -0.1) is 0 Å². The van der Waals surface area contributed by atoms with Gasteiger partial charge in [0.1, 0.15) is 5.82 Å². The Kier molecular flexibility index (Phi) is 10.3. The second kappa shape index (κ2) is 12.2. The number of ether oxygens (including phenoxy) is 1. The summed E-state index contributed by atoms with van der Waals surface area (Å²) in [7, 11) is 1.50. The van der Waals surface area contributed by atoms with E-state index in [0.29, 0.717) is 12.0 Å². The number of carbonyl (C=O) groups excluding carboxylic acids is 1. The minimum absolute atomic E-state index is 0.173. The third-order valence-corrected chi connectivity index (χ3v) is 4.68. The molecule has 0 aliphatic rings. The van der Waals surface area contributed by atoms with Crippen LogP contribution in [0.3, 0.4) is 0 Å². The van der Waals surface area contributed by atoms with Gasteiger partial charge < -0.3 is 10.1 Å². The molecule has 0 amide bonds. The molecule has 0 fully saturated rings. The monoisotopic (exact) mass is 439 g/mol. The number of hydrogen-bond acceptors (Lipinski definition) is 5. The molecule has 8 heteroatoms. The van der Waals surface area contributed by atoms with Crippen molar-refractivity contribution in [2.24, 2.45) is 5.84 Å². The third kappa shape index (κ3) is 8.49. The van der Waals surface area contributed by atoms with Crippen molar-refractivity contribution in [2.75, 3.05) is 13.7 Å². The van der Waals surface area contributed by atoms with E-state index in [-0.39, 0.29) is 24.4 Å². The number of halogens is 3. The maximum absolute atomic E-state index is 13.0. The number of hydrazine groups is 1. The number of rotatable bonds is 11. The summed E-state index contributed by atoms with van der Waals surface area (Å²) in [5, 5.41) is 4.21. The molecule has 0 aliphatic carbocycles. The molecule has 0 spiro atoms. The molecule has 5 nitrogen and oxygen atoms in total. The summed E-state index contributed by atoms with van der Waals surface area (Å²) in [5.74, 6) is 5.49. The van der Waals surface area contributed by atoms with Crippen LogP contribution >= 0.6 is 0 Å². The number of nitrogens with two attached hydrogens (primary N) is 1. The van der Waals surface area contributed by atoms with Crippen molar-refractivity contribution in [3.63, 3.8) is 0 Å². The first-order valence-electron chi connectivity index (χ1n) is 10.1. The van der Waals surface area contributed by atoms with Gasteiger partial charge in [0, 0.05) is 13.5 Å². The van der Waals surface area contributed by atoms with Crippen LogP contribution in [-0.4, -0.2) is 30.8 Å². The summed E-state index contributed by atoms with van der Waals surface area (Å²) in [6.07, 6.45) is 0.679. The lowest BCUT2D eigenvalue weighted by Crippen LogP contribution is -2.38. The standard InChI is InChI=1S/C23H32F3N3O2/c1-6-9-10-18-15-19(12-11-17(18)7-2)20(13-14-23(24,25)26)28-21(29(5)27)16(4)22(30)31-8-3/h6-7,9,11-12,15,20,28H,2,8,10,13-14,27H2,1,3-5H3/b9-6-,21-16+. The van der Waals surface area contributed by atoms with E-state index in [0.717, 1.165) is 11.1 Å². The Bertz CT molecular complexity index is 815. The first kappa shape index (κ1) is 26.3. The molecule has 1 atom stereocenters. The lowest BCUT2D eigenvalue weighted by atomic mass is 9.95. The molecule has 1 unspecified atom stereocenters. The van der Waals surface area contributed by atoms with Crippen molar-refractivity contribution in [1.82, 2.24) is 10.3 Å². The zero-order valence-electron chi connectivity index (χ0n) is 18.6. The Morgan fingerprint density at radius 2 is 2.06 bits per heavy atom. The second-order valence-electron chi connectivity index (χ2n) is 7.09. The molecule has 0 saturated heterocycles. The number of alkyl halides is 3. The quantitative estimate of drug-likeness (QED) is 0.167. The Labute approximate surface area is 182 Å². The fraction of sp³-hybridized carbons (Fsp3) is 0.435. The lowest BCUT2D eigenvalue weighted by Gasteiger charge is -2.28. The van der Waals surface area contributed by atoms with E-state index in [1.165, 1.54) is 19.0 Å². The van der Waals surface area contributed by atoms with Gasteiger partial charge in [-0.2, -0.15) is 13.2 Å². The Balaban J connectivity index is 3.41. The average molecular weight is 440 g/mol. The maximum atomic E-state index is 13.0. The number of benzene rings is 1. The van der Waals surface area contributed by atoms with Gasteiger partial charge in [-0.3, -0.25) is 5.01 Å². The third-order valence-electron chi connectivity index (χ3n) is 4.68. The van der Waals surface area contributed by atoms with Crippen molar-refractivity contribution in [1.29, 1.82) is 0 Å². The van der Waals surface area contributed by atoms with Crippen LogP contribution in [0.15, 0.2) is 48.3 Å². The van der Waals surface area contributed by atoms with E-state index in [1.54, 1.807) is 19.1 Å². The van der Waals surface area contributed by atoms with Crippen LogP contribution in [-0.2, 0) is 16.0 Å². The highest BCUT2D eigenvalue weighted by Gasteiger charge is 2.30. The highest BCUT2D eigenvalue weighted by molar-refractivity contribution is 5.88. The number of nitrogens with one attached hydrogen (secondary N) is 1. The molecule has 172 valence electrons. The van der Waals surface area contributed by atoms with E-state index in [9.17, 15) is 18.0 Å². The van der Waals surface area contributed by atoms with Crippen LogP contribution in [0.2, 0.25) is 0 Å². The van der Waals surface area contributed by atoms with Gasteiger partial charge in [-0.25, -0.2) is 10.6 Å². The van der Waals surface area contributed by atoms with Gasteiger partial charge in [0.15, 0.2) is 0 Å². The minimum atomic E-state index is -4.32. The summed E-state index contributed by atoms with van der Waals surface area (Å²) in [6.45, 7) is 9.06. The van der Waals surface area contributed by atoms with E-state index in [2.05, 4.69) is 11.9 Å². The van der Waals surface area contributed by atoms with Crippen molar-refractivity contribution in [3.8, 4) is 0 Å². The van der Waals surface area contributed by atoms with Gasteiger partial charge in [0.05, 0.1) is 18.2 Å². The minimum Gasteiger partial charge on any atom is -0.463 e. The van der Waals surface area contributed by atoms with Crippen LogP contribution in [0, 0.1) is 0 Å². The Morgan fingerprint density at radius 1 is 1.39 bits per heavy atom. The van der Waals surface area contributed by atoms with E-state index < -0.39 is 24.6 Å². The fourth-order valence-corrected chi connectivity index (χ4v) is 3.07. The molecule has 0 saturated carbocycles. The highest BCUT2D eigenvalue weighted by Crippen LogP contribution is 2.30. The summed E-state index contributed by atoms with van der Waals surface area (Å²) in [6, 6.07) is 4.73. The highest BCUT2D eigenvalue weighted by atomic mass is 19.4. The largest absolute Gasteiger partial charge is 0.463 e. The predicted octanol–water partition coefficient (Wildman–Crippen LogP) is 5.02. The van der Waals surface area contributed by atoms with Gasteiger partial charge in [0.2, 0.25) is 0 Å². The molecule has 0 bridgehead atoms.